The van der Waals surface area contributed by atoms with Gasteiger partial charge in [-0.05, 0) is 17.0 Å². The van der Waals surface area contributed by atoms with Gasteiger partial charge in [0.15, 0.2) is 0 Å². The minimum atomic E-state index is -0.256. The molecule has 1 aromatic carbocycles. The highest BCUT2D eigenvalue weighted by atomic mass is 32.2. The monoisotopic (exact) mass is 222 g/mol. The maximum Gasteiger partial charge on any atom is 0.0665 e. The highest BCUT2D eigenvalue weighted by Gasteiger charge is 2.35. The molecule has 0 spiro atoms. The first kappa shape index (κ1) is 11.0. The number of aliphatic hydroxyl groups excluding tert-OH is 1. The summed E-state index contributed by atoms with van der Waals surface area (Å²) in [6.45, 7) is 6.30. The van der Waals surface area contributed by atoms with E-state index in [-0.39, 0.29) is 11.5 Å². The van der Waals surface area contributed by atoms with Crippen LogP contribution in [-0.4, -0.2) is 17.0 Å². The molecule has 2 heteroatoms. The molecule has 1 aliphatic rings. The van der Waals surface area contributed by atoms with Crippen molar-refractivity contribution in [2.24, 2.45) is 5.41 Å². The van der Waals surface area contributed by atoms with Gasteiger partial charge in [0.2, 0.25) is 0 Å². The third-order valence-corrected chi connectivity index (χ3v) is 4.21. The van der Waals surface area contributed by atoms with Crippen molar-refractivity contribution in [1.29, 1.82) is 0 Å². The summed E-state index contributed by atoms with van der Waals surface area (Å²) in [7, 11) is 0. The van der Waals surface area contributed by atoms with Crippen LogP contribution >= 0.6 is 11.8 Å². The fourth-order valence-corrected chi connectivity index (χ4v) is 3.33. The van der Waals surface area contributed by atoms with E-state index in [2.05, 4.69) is 45.0 Å². The van der Waals surface area contributed by atoms with E-state index in [1.165, 1.54) is 10.5 Å². The highest BCUT2D eigenvalue weighted by Crippen LogP contribution is 2.44. The molecule has 1 nitrogen and oxygen atoms in total. The standard InChI is InChI=1S/C13H18OS/c1-13(2,3)12(14)10-8-15-11-7-5-4-6-9(10)11/h4-7,10,12,14H,8H2,1-3H3. The van der Waals surface area contributed by atoms with E-state index >= 15 is 0 Å². The molecular weight excluding hydrogens is 204 g/mol. The maximum absolute atomic E-state index is 10.3. The molecule has 82 valence electrons. The van der Waals surface area contributed by atoms with Crippen molar-refractivity contribution < 1.29 is 5.11 Å². The molecule has 0 fully saturated rings. The first-order valence-electron chi connectivity index (χ1n) is 5.40. The van der Waals surface area contributed by atoms with Gasteiger partial charge in [-0.25, -0.2) is 0 Å². The topological polar surface area (TPSA) is 20.2 Å². The molecule has 0 radical (unpaired) electrons. The molecule has 2 unspecified atom stereocenters. The van der Waals surface area contributed by atoms with Gasteiger partial charge in [-0.15, -0.1) is 11.8 Å². The average molecular weight is 222 g/mol. The molecule has 0 saturated carbocycles. The quantitative estimate of drug-likeness (QED) is 0.787. The maximum atomic E-state index is 10.3. The molecule has 0 amide bonds. The van der Waals surface area contributed by atoms with Crippen LogP contribution in [0.4, 0.5) is 0 Å². The number of aliphatic hydroxyl groups is 1. The predicted molar refractivity (Wildman–Crippen MR) is 65.4 cm³/mol. The van der Waals surface area contributed by atoms with E-state index in [0.29, 0.717) is 5.92 Å². The number of benzene rings is 1. The van der Waals surface area contributed by atoms with Gasteiger partial charge in [-0.3, -0.25) is 0 Å². The van der Waals surface area contributed by atoms with E-state index in [1.54, 1.807) is 0 Å². The lowest BCUT2D eigenvalue weighted by Gasteiger charge is -2.31. The Hall–Kier alpha value is -0.470. The van der Waals surface area contributed by atoms with E-state index < -0.39 is 0 Å². The van der Waals surface area contributed by atoms with Gasteiger partial charge < -0.3 is 5.11 Å². The van der Waals surface area contributed by atoms with Crippen LogP contribution in [0.2, 0.25) is 0 Å². The van der Waals surface area contributed by atoms with Gasteiger partial charge in [0, 0.05) is 16.6 Å². The van der Waals surface area contributed by atoms with Crippen molar-refractivity contribution in [3.8, 4) is 0 Å². The lowest BCUT2D eigenvalue weighted by atomic mass is 9.79. The highest BCUT2D eigenvalue weighted by molar-refractivity contribution is 7.99. The van der Waals surface area contributed by atoms with Crippen LogP contribution in [0.3, 0.4) is 0 Å². The zero-order valence-corrected chi connectivity index (χ0v) is 10.3. The summed E-state index contributed by atoms with van der Waals surface area (Å²) in [5.74, 6) is 1.31. The van der Waals surface area contributed by atoms with Crippen molar-refractivity contribution in [3.05, 3.63) is 29.8 Å². The smallest absolute Gasteiger partial charge is 0.0665 e. The van der Waals surface area contributed by atoms with Crippen molar-refractivity contribution in [3.63, 3.8) is 0 Å². The third kappa shape index (κ3) is 2.06. The molecular formula is C13H18OS. The van der Waals surface area contributed by atoms with Crippen molar-refractivity contribution in [2.45, 2.75) is 37.7 Å². The Morgan fingerprint density at radius 1 is 1.33 bits per heavy atom. The molecule has 1 N–H and O–H groups in total. The summed E-state index contributed by atoms with van der Waals surface area (Å²) in [6.07, 6.45) is -0.256. The fraction of sp³-hybridized carbons (Fsp3) is 0.538. The fourth-order valence-electron chi connectivity index (χ4n) is 2.05. The Kier molecular flexibility index (Phi) is 2.82. The molecule has 0 aromatic heterocycles. The summed E-state index contributed by atoms with van der Waals surface area (Å²) in [5.41, 5.74) is 1.28. The largest absolute Gasteiger partial charge is 0.392 e. The Balaban J connectivity index is 2.28. The average Bonchev–Trinajstić information content (AvgIpc) is 2.58. The van der Waals surface area contributed by atoms with Gasteiger partial charge in [-0.1, -0.05) is 39.0 Å². The Labute approximate surface area is 95.9 Å². The third-order valence-electron chi connectivity index (χ3n) is 3.01. The summed E-state index contributed by atoms with van der Waals surface area (Å²) in [4.78, 5) is 1.34. The number of rotatable bonds is 1. The van der Waals surface area contributed by atoms with Gasteiger partial charge >= 0.3 is 0 Å². The lowest BCUT2D eigenvalue weighted by molar-refractivity contribution is 0.0450. The van der Waals surface area contributed by atoms with Crippen LogP contribution in [0.15, 0.2) is 29.2 Å². The van der Waals surface area contributed by atoms with E-state index in [9.17, 15) is 5.11 Å². The first-order chi connectivity index (χ1) is 7.00. The normalized spacial score (nSPS) is 22.5. The van der Waals surface area contributed by atoms with Crippen LogP contribution < -0.4 is 0 Å². The molecule has 0 aliphatic carbocycles. The zero-order valence-electron chi connectivity index (χ0n) is 9.53. The molecule has 1 aromatic rings. The number of hydrogen-bond donors (Lipinski definition) is 1. The van der Waals surface area contributed by atoms with Crippen LogP contribution in [0.1, 0.15) is 32.3 Å². The predicted octanol–water partition coefficient (Wildman–Crippen LogP) is 3.28. The molecule has 0 saturated heterocycles. The van der Waals surface area contributed by atoms with Crippen molar-refractivity contribution >= 4 is 11.8 Å². The molecule has 0 bridgehead atoms. The summed E-state index contributed by atoms with van der Waals surface area (Å²) in [5, 5.41) is 10.3. The summed E-state index contributed by atoms with van der Waals surface area (Å²) < 4.78 is 0. The van der Waals surface area contributed by atoms with Crippen LogP contribution in [0.25, 0.3) is 0 Å². The number of fused-ring (bicyclic) bond motifs is 1. The minimum Gasteiger partial charge on any atom is -0.392 e. The molecule has 1 aliphatic heterocycles. The second-order valence-electron chi connectivity index (χ2n) is 5.27. The van der Waals surface area contributed by atoms with Gasteiger partial charge in [0.25, 0.3) is 0 Å². The van der Waals surface area contributed by atoms with Crippen LogP contribution in [0.5, 0.6) is 0 Å². The second kappa shape index (κ2) is 3.84. The second-order valence-corrected chi connectivity index (χ2v) is 6.33. The Morgan fingerprint density at radius 3 is 2.67 bits per heavy atom. The van der Waals surface area contributed by atoms with E-state index in [1.807, 2.05) is 11.8 Å². The molecule has 15 heavy (non-hydrogen) atoms. The first-order valence-corrected chi connectivity index (χ1v) is 6.38. The summed E-state index contributed by atoms with van der Waals surface area (Å²) >= 11 is 1.86. The number of thioether (sulfide) groups is 1. The molecule has 2 atom stereocenters. The SMILES string of the molecule is CC(C)(C)C(O)C1CSc2ccccc21. The van der Waals surface area contributed by atoms with Crippen LogP contribution in [-0.2, 0) is 0 Å². The summed E-state index contributed by atoms with van der Waals surface area (Å²) in [6, 6.07) is 8.43. The number of hydrogen-bond acceptors (Lipinski definition) is 2. The Bertz CT molecular complexity index is 354. The van der Waals surface area contributed by atoms with Crippen molar-refractivity contribution in [1.82, 2.24) is 0 Å². The lowest BCUT2D eigenvalue weighted by Crippen LogP contribution is -2.32. The van der Waals surface area contributed by atoms with Crippen molar-refractivity contribution in [2.75, 3.05) is 5.75 Å². The van der Waals surface area contributed by atoms with E-state index in [4.69, 9.17) is 0 Å². The van der Waals surface area contributed by atoms with Gasteiger partial charge in [0.1, 0.15) is 0 Å². The zero-order chi connectivity index (χ0) is 11.1. The van der Waals surface area contributed by atoms with Gasteiger partial charge in [0.05, 0.1) is 6.10 Å². The minimum absolute atomic E-state index is 0.0390. The van der Waals surface area contributed by atoms with Gasteiger partial charge in [-0.2, -0.15) is 0 Å². The van der Waals surface area contributed by atoms with Crippen LogP contribution in [0, 0.1) is 5.41 Å². The Morgan fingerprint density at radius 2 is 2.00 bits per heavy atom. The van der Waals surface area contributed by atoms with E-state index in [0.717, 1.165) is 5.75 Å². The molecule has 2 rings (SSSR count). The molecule has 1 heterocycles.